The van der Waals surface area contributed by atoms with Crippen LogP contribution in [0.3, 0.4) is 0 Å². The predicted molar refractivity (Wildman–Crippen MR) is 85.8 cm³/mol. The van der Waals surface area contributed by atoms with Crippen molar-refractivity contribution in [1.82, 2.24) is 9.88 Å². The fourth-order valence-corrected chi connectivity index (χ4v) is 2.52. The van der Waals surface area contributed by atoms with Gasteiger partial charge in [0.05, 0.1) is 5.56 Å². The summed E-state index contributed by atoms with van der Waals surface area (Å²) in [5.74, 6) is -1.82. The Morgan fingerprint density at radius 1 is 1.38 bits per heavy atom. The predicted octanol–water partition coefficient (Wildman–Crippen LogP) is 2.36. The fourth-order valence-electron chi connectivity index (χ4n) is 2.52. The molecular weight excluding hydrogens is 317 g/mol. The van der Waals surface area contributed by atoms with Crippen molar-refractivity contribution in [3.05, 3.63) is 23.6 Å². The van der Waals surface area contributed by atoms with Gasteiger partial charge >= 0.3 is 12.1 Å². The molecular formula is C16H22FN3O4. The van der Waals surface area contributed by atoms with E-state index in [2.05, 4.69) is 4.98 Å². The van der Waals surface area contributed by atoms with E-state index in [1.54, 1.807) is 30.6 Å². The maximum absolute atomic E-state index is 14.1. The minimum Gasteiger partial charge on any atom is -0.478 e. The van der Waals surface area contributed by atoms with Crippen LogP contribution in [0.25, 0.3) is 0 Å². The lowest BCUT2D eigenvalue weighted by Crippen LogP contribution is -2.55. The van der Waals surface area contributed by atoms with E-state index in [1.807, 2.05) is 6.92 Å². The van der Waals surface area contributed by atoms with Crippen molar-refractivity contribution < 1.29 is 23.8 Å². The number of carbonyl (C=O) groups is 2. The maximum atomic E-state index is 14.1. The fraction of sp³-hybridized carbons (Fsp3) is 0.562. The van der Waals surface area contributed by atoms with Crippen molar-refractivity contribution in [3.63, 3.8) is 0 Å². The topological polar surface area (TPSA) is 83.0 Å². The maximum Gasteiger partial charge on any atom is 0.410 e. The first-order valence-corrected chi connectivity index (χ1v) is 7.72. The summed E-state index contributed by atoms with van der Waals surface area (Å²) < 4.78 is 19.5. The van der Waals surface area contributed by atoms with E-state index in [0.29, 0.717) is 19.6 Å². The molecule has 2 rings (SSSR count). The highest BCUT2D eigenvalue weighted by molar-refractivity contribution is 5.87. The molecule has 24 heavy (non-hydrogen) atoms. The standard InChI is InChI=1S/C16H22FN3O4/c1-10-9-19(5-6-20(10)15(23)24-16(2,3)4)13-12(17)7-11(8-18-13)14(21)22/h7-8,10H,5-6,9H2,1-4H3,(H,21,22)/t10-/m0/s1. The molecule has 1 fully saturated rings. The number of aromatic carboxylic acids is 1. The summed E-state index contributed by atoms with van der Waals surface area (Å²) in [7, 11) is 0. The van der Waals surface area contributed by atoms with Crippen LogP contribution in [0.1, 0.15) is 38.1 Å². The van der Waals surface area contributed by atoms with Crippen molar-refractivity contribution in [1.29, 1.82) is 0 Å². The van der Waals surface area contributed by atoms with E-state index in [0.717, 1.165) is 12.3 Å². The van der Waals surface area contributed by atoms with E-state index in [-0.39, 0.29) is 17.4 Å². The Bertz CT molecular complexity index is 645. The lowest BCUT2D eigenvalue weighted by atomic mass is 10.2. The quantitative estimate of drug-likeness (QED) is 0.891. The summed E-state index contributed by atoms with van der Waals surface area (Å²) in [5, 5.41) is 8.86. The molecule has 1 atom stereocenters. The van der Waals surface area contributed by atoms with Gasteiger partial charge in [0.15, 0.2) is 11.6 Å². The molecule has 1 aliphatic heterocycles. The zero-order valence-corrected chi connectivity index (χ0v) is 14.2. The third-order valence-electron chi connectivity index (χ3n) is 3.62. The number of hydrogen-bond acceptors (Lipinski definition) is 5. The lowest BCUT2D eigenvalue weighted by molar-refractivity contribution is 0.0158. The summed E-state index contributed by atoms with van der Waals surface area (Å²) in [5.41, 5.74) is -0.773. The number of ether oxygens (including phenoxy) is 1. The summed E-state index contributed by atoms with van der Waals surface area (Å²) in [6, 6.07) is 0.768. The molecule has 0 spiro atoms. The Labute approximate surface area is 140 Å². The highest BCUT2D eigenvalue weighted by atomic mass is 19.1. The molecule has 0 bridgehead atoms. The molecule has 1 aliphatic rings. The molecule has 1 N–H and O–H groups in total. The summed E-state index contributed by atoms with van der Waals surface area (Å²) in [6.45, 7) is 8.40. The van der Waals surface area contributed by atoms with Gasteiger partial charge in [0.2, 0.25) is 0 Å². The number of nitrogens with zero attached hydrogens (tertiary/aromatic N) is 3. The average molecular weight is 339 g/mol. The number of rotatable bonds is 2. The first-order chi connectivity index (χ1) is 11.1. The van der Waals surface area contributed by atoms with Crippen molar-refractivity contribution in [2.75, 3.05) is 24.5 Å². The van der Waals surface area contributed by atoms with Gasteiger partial charge in [-0.1, -0.05) is 0 Å². The number of piperazine rings is 1. The van der Waals surface area contributed by atoms with Gasteiger partial charge < -0.3 is 19.6 Å². The largest absolute Gasteiger partial charge is 0.478 e. The highest BCUT2D eigenvalue weighted by Gasteiger charge is 2.32. The normalized spacial score (nSPS) is 18.5. The van der Waals surface area contributed by atoms with Crippen LogP contribution in [0.4, 0.5) is 15.0 Å². The molecule has 0 aliphatic carbocycles. The molecule has 2 heterocycles. The van der Waals surface area contributed by atoms with Gasteiger partial charge in [0, 0.05) is 31.9 Å². The molecule has 132 valence electrons. The van der Waals surface area contributed by atoms with Crippen LogP contribution in [0, 0.1) is 5.82 Å². The van der Waals surface area contributed by atoms with Crippen LogP contribution in [0.5, 0.6) is 0 Å². The Morgan fingerprint density at radius 3 is 2.54 bits per heavy atom. The van der Waals surface area contributed by atoms with E-state index in [1.165, 1.54) is 0 Å². The number of carboxylic acid groups (broad SMARTS) is 1. The third-order valence-corrected chi connectivity index (χ3v) is 3.62. The van der Waals surface area contributed by atoms with Gasteiger partial charge in [-0.3, -0.25) is 0 Å². The zero-order valence-electron chi connectivity index (χ0n) is 14.2. The second-order valence-electron chi connectivity index (χ2n) is 6.80. The van der Waals surface area contributed by atoms with E-state index in [4.69, 9.17) is 9.84 Å². The van der Waals surface area contributed by atoms with Gasteiger partial charge in [-0.25, -0.2) is 19.0 Å². The van der Waals surface area contributed by atoms with Crippen LogP contribution in [-0.4, -0.2) is 58.3 Å². The minimum absolute atomic E-state index is 0.0932. The smallest absolute Gasteiger partial charge is 0.410 e. The molecule has 1 aromatic rings. The summed E-state index contributed by atoms with van der Waals surface area (Å²) in [4.78, 5) is 30.3. The number of pyridine rings is 1. The number of halogens is 1. The molecule has 0 unspecified atom stereocenters. The number of aromatic nitrogens is 1. The molecule has 1 amide bonds. The first-order valence-electron chi connectivity index (χ1n) is 7.72. The number of carbonyl (C=O) groups excluding carboxylic acids is 1. The molecule has 0 saturated carbocycles. The van der Waals surface area contributed by atoms with Crippen LogP contribution in [0.2, 0.25) is 0 Å². The van der Waals surface area contributed by atoms with E-state index >= 15 is 0 Å². The Kier molecular flexibility index (Phi) is 4.96. The van der Waals surface area contributed by atoms with Crippen molar-refractivity contribution >= 4 is 17.9 Å². The minimum atomic E-state index is -1.23. The molecule has 0 aromatic carbocycles. The number of carboxylic acids is 1. The van der Waals surface area contributed by atoms with Crippen molar-refractivity contribution in [2.45, 2.75) is 39.3 Å². The molecule has 0 radical (unpaired) electrons. The second kappa shape index (κ2) is 6.62. The lowest BCUT2D eigenvalue weighted by Gasteiger charge is -2.40. The Balaban J connectivity index is 2.08. The summed E-state index contributed by atoms with van der Waals surface area (Å²) in [6.07, 6.45) is 0.732. The average Bonchev–Trinajstić information content (AvgIpc) is 2.44. The van der Waals surface area contributed by atoms with Crippen LogP contribution in [0.15, 0.2) is 12.3 Å². The molecule has 1 aromatic heterocycles. The molecule has 8 heteroatoms. The van der Waals surface area contributed by atoms with Crippen molar-refractivity contribution in [2.24, 2.45) is 0 Å². The Morgan fingerprint density at radius 2 is 2.04 bits per heavy atom. The molecule has 7 nitrogen and oxygen atoms in total. The van der Waals surface area contributed by atoms with Gasteiger partial charge in [-0.2, -0.15) is 0 Å². The van der Waals surface area contributed by atoms with Gasteiger partial charge in [-0.05, 0) is 33.8 Å². The zero-order chi connectivity index (χ0) is 18.1. The van der Waals surface area contributed by atoms with Crippen molar-refractivity contribution in [3.8, 4) is 0 Å². The van der Waals surface area contributed by atoms with Gasteiger partial charge in [0.25, 0.3) is 0 Å². The molecule has 1 saturated heterocycles. The highest BCUT2D eigenvalue weighted by Crippen LogP contribution is 2.22. The van der Waals surface area contributed by atoms with Crippen LogP contribution < -0.4 is 4.90 Å². The number of hydrogen-bond donors (Lipinski definition) is 1. The monoisotopic (exact) mass is 339 g/mol. The van der Waals surface area contributed by atoms with E-state index < -0.39 is 23.5 Å². The Hall–Kier alpha value is -2.38. The van der Waals surface area contributed by atoms with Gasteiger partial charge in [-0.15, -0.1) is 0 Å². The third kappa shape index (κ3) is 4.12. The van der Waals surface area contributed by atoms with E-state index in [9.17, 15) is 14.0 Å². The van der Waals surface area contributed by atoms with Crippen LogP contribution in [-0.2, 0) is 4.74 Å². The SMILES string of the molecule is C[C@H]1CN(c2ncc(C(=O)O)cc2F)CCN1C(=O)OC(C)(C)C. The first kappa shape index (κ1) is 18.0. The number of amides is 1. The number of anilines is 1. The van der Waals surface area contributed by atoms with Gasteiger partial charge in [0.1, 0.15) is 5.60 Å². The summed E-state index contributed by atoms with van der Waals surface area (Å²) >= 11 is 0. The van der Waals surface area contributed by atoms with Crippen LogP contribution >= 0.6 is 0 Å². The second-order valence-corrected chi connectivity index (χ2v) is 6.80.